The van der Waals surface area contributed by atoms with Gasteiger partial charge >= 0.3 is 0 Å². The molecule has 2 aromatic rings. The van der Waals surface area contributed by atoms with Crippen molar-refractivity contribution in [3.05, 3.63) is 47.8 Å². The lowest BCUT2D eigenvalue weighted by molar-refractivity contribution is 0.0672. The molecule has 0 spiro atoms. The van der Waals surface area contributed by atoms with Gasteiger partial charge in [0.1, 0.15) is 0 Å². The second-order valence-electron chi connectivity index (χ2n) is 6.20. The fourth-order valence-electron chi connectivity index (χ4n) is 3.04. The summed E-state index contributed by atoms with van der Waals surface area (Å²) in [6, 6.07) is 4.92. The molecule has 2 heterocycles. The Balaban J connectivity index is 1.69. The summed E-state index contributed by atoms with van der Waals surface area (Å²) >= 11 is 0. The van der Waals surface area contributed by atoms with Gasteiger partial charge in [0.2, 0.25) is 0 Å². The van der Waals surface area contributed by atoms with Crippen LogP contribution in [-0.4, -0.2) is 33.4 Å². The van der Waals surface area contributed by atoms with E-state index in [1.54, 1.807) is 18.2 Å². The third-order valence-electron chi connectivity index (χ3n) is 4.65. The number of carbonyl (C=O) groups excluding carboxylic acids is 2. The fourth-order valence-corrected chi connectivity index (χ4v) is 3.04. The lowest BCUT2D eigenvalue weighted by Crippen LogP contribution is -2.44. The highest BCUT2D eigenvalue weighted by Crippen LogP contribution is 2.38. The van der Waals surface area contributed by atoms with E-state index in [-0.39, 0.29) is 18.4 Å². The predicted octanol–water partition coefficient (Wildman–Crippen LogP) is 1.86. The molecule has 122 valence electrons. The quantitative estimate of drug-likeness (QED) is 0.680. The van der Waals surface area contributed by atoms with E-state index in [9.17, 15) is 9.59 Å². The van der Waals surface area contributed by atoms with Crippen molar-refractivity contribution >= 4 is 11.8 Å². The topological polar surface area (TPSA) is 102 Å². The van der Waals surface area contributed by atoms with Gasteiger partial charge in [-0.2, -0.15) is 4.98 Å². The van der Waals surface area contributed by atoms with E-state index in [1.807, 2.05) is 0 Å². The minimum absolute atomic E-state index is 0.183. The Hall–Kier alpha value is -2.80. The van der Waals surface area contributed by atoms with Gasteiger partial charge in [-0.3, -0.25) is 14.5 Å². The van der Waals surface area contributed by atoms with Crippen molar-refractivity contribution in [2.45, 2.75) is 24.8 Å². The van der Waals surface area contributed by atoms with Crippen LogP contribution in [0.1, 0.15) is 45.8 Å². The van der Waals surface area contributed by atoms with Crippen molar-refractivity contribution in [2.24, 2.45) is 5.73 Å². The zero-order chi connectivity index (χ0) is 16.9. The van der Waals surface area contributed by atoms with Crippen LogP contribution in [-0.2, 0) is 5.54 Å². The highest BCUT2D eigenvalue weighted by Gasteiger charge is 2.39. The average Bonchev–Trinajstić information content (AvgIpc) is 3.13. The number of imide groups is 1. The number of nitrogens with zero attached hydrogens (tertiary/aromatic N) is 3. The summed E-state index contributed by atoms with van der Waals surface area (Å²) in [6.07, 6.45) is 4.24. The molecular weight excluding hydrogens is 308 g/mol. The molecule has 4 rings (SSSR count). The normalized spacial score (nSPS) is 18.5. The van der Waals surface area contributed by atoms with Crippen LogP contribution in [0.5, 0.6) is 0 Å². The highest BCUT2D eigenvalue weighted by atomic mass is 16.5. The van der Waals surface area contributed by atoms with Crippen molar-refractivity contribution in [1.29, 1.82) is 0 Å². The number of amides is 2. The summed E-state index contributed by atoms with van der Waals surface area (Å²) in [5.41, 5.74) is 7.00. The maximum atomic E-state index is 12.4. The van der Waals surface area contributed by atoms with E-state index in [1.165, 1.54) is 6.08 Å². The first kappa shape index (κ1) is 14.8. The van der Waals surface area contributed by atoms with Crippen molar-refractivity contribution in [3.63, 3.8) is 0 Å². The molecule has 1 saturated carbocycles. The van der Waals surface area contributed by atoms with Gasteiger partial charge in [-0.05, 0) is 37.5 Å². The van der Waals surface area contributed by atoms with E-state index < -0.39 is 5.54 Å². The summed E-state index contributed by atoms with van der Waals surface area (Å²) in [6.45, 7) is 3.75. The Bertz CT molecular complexity index is 866. The molecule has 24 heavy (non-hydrogen) atoms. The molecule has 1 aliphatic carbocycles. The van der Waals surface area contributed by atoms with Crippen LogP contribution >= 0.6 is 0 Å². The van der Waals surface area contributed by atoms with Gasteiger partial charge in [0.15, 0.2) is 5.82 Å². The molecular formula is C17H16N4O3. The third kappa shape index (κ3) is 2.01. The molecule has 1 aliphatic heterocycles. The van der Waals surface area contributed by atoms with Crippen LogP contribution in [0.3, 0.4) is 0 Å². The molecule has 1 aromatic heterocycles. The van der Waals surface area contributed by atoms with Crippen LogP contribution in [0.15, 0.2) is 35.4 Å². The monoisotopic (exact) mass is 324 g/mol. The van der Waals surface area contributed by atoms with E-state index in [4.69, 9.17) is 10.3 Å². The maximum absolute atomic E-state index is 12.4. The average molecular weight is 324 g/mol. The molecule has 0 atom stereocenters. The fraction of sp³-hybridized carbons (Fsp3) is 0.294. The van der Waals surface area contributed by atoms with Crippen molar-refractivity contribution < 1.29 is 14.1 Å². The minimum atomic E-state index is -0.509. The first-order valence-electron chi connectivity index (χ1n) is 7.78. The van der Waals surface area contributed by atoms with Crippen LogP contribution in [0.2, 0.25) is 0 Å². The summed E-state index contributed by atoms with van der Waals surface area (Å²) in [4.78, 5) is 30.1. The molecule has 0 bridgehead atoms. The molecule has 0 saturated heterocycles. The Kier molecular flexibility index (Phi) is 3.14. The van der Waals surface area contributed by atoms with Crippen LogP contribution < -0.4 is 5.73 Å². The number of nitrogens with two attached hydrogens (primary N) is 1. The number of aromatic nitrogens is 2. The molecule has 2 N–H and O–H groups in total. The first-order chi connectivity index (χ1) is 11.5. The van der Waals surface area contributed by atoms with Crippen molar-refractivity contribution in [1.82, 2.24) is 15.0 Å². The molecule has 2 amide bonds. The zero-order valence-corrected chi connectivity index (χ0v) is 13.0. The largest absolute Gasteiger partial charge is 0.334 e. The van der Waals surface area contributed by atoms with Crippen LogP contribution in [0.4, 0.5) is 0 Å². The minimum Gasteiger partial charge on any atom is -0.334 e. The SMILES string of the molecule is C=CCN1C(=O)c2ccc(-c3nc(C4(N)CCC4)no3)cc2C1=O. The summed E-state index contributed by atoms with van der Waals surface area (Å²) < 4.78 is 5.30. The zero-order valence-electron chi connectivity index (χ0n) is 13.0. The van der Waals surface area contributed by atoms with Gasteiger partial charge in [0.25, 0.3) is 17.7 Å². The number of benzene rings is 1. The molecule has 7 nitrogen and oxygen atoms in total. The summed E-state index contributed by atoms with van der Waals surface area (Å²) in [7, 11) is 0. The summed E-state index contributed by atoms with van der Waals surface area (Å²) in [5, 5.41) is 3.97. The second-order valence-corrected chi connectivity index (χ2v) is 6.20. The lowest BCUT2D eigenvalue weighted by atomic mass is 9.77. The third-order valence-corrected chi connectivity index (χ3v) is 4.65. The van der Waals surface area contributed by atoms with Gasteiger partial charge in [-0.15, -0.1) is 6.58 Å². The van der Waals surface area contributed by atoms with Crippen LogP contribution in [0, 0.1) is 0 Å². The molecule has 2 aliphatic rings. The number of rotatable bonds is 4. The lowest BCUT2D eigenvalue weighted by Gasteiger charge is -2.34. The highest BCUT2D eigenvalue weighted by molar-refractivity contribution is 6.21. The Morgan fingerprint density at radius 2 is 2.04 bits per heavy atom. The number of hydrogen-bond acceptors (Lipinski definition) is 6. The Labute approximate surface area is 138 Å². The Morgan fingerprint density at radius 3 is 2.71 bits per heavy atom. The van der Waals surface area contributed by atoms with Gasteiger partial charge in [0, 0.05) is 12.1 Å². The van der Waals surface area contributed by atoms with Crippen molar-refractivity contribution in [3.8, 4) is 11.5 Å². The first-order valence-corrected chi connectivity index (χ1v) is 7.78. The van der Waals surface area contributed by atoms with Gasteiger partial charge < -0.3 is 10.3 Å². The van der Waals surface area contributed by atoms with E-state index in [2.05, 4.69) is 16.7 Å². The number of carbonyl (C=O) groups is 2. The smallest absolute Gasteiger partial charge is 0.261 e. The van der Waals surface area contributed by atoms with Gasteiger partial charge in [-0.1, -0.05) is 11.2 Å². The molecule has 7 heteroatoms. The van der Waals surface area contributed by atoms with E-state index in [0.717, 1.165) is 24.2 Å². The van der Waals surface area contributed by atoms with E-state index in [0.29, 0.717) is 28.4 Å². The van der Waals surface area contributed by atoms with Gasteiger partial charge in [-0.25, -0.2) is 0 Å². The number of fused-ring (bicyclic) bond motifs is 1. The van der Waals surface area contributed by atoms with Crippen LogP contribution in [0.25, 0.3) is 11.5 Å². The molecule has 1 fully saturated rings. The Morgan fingerprint density at radius 1 is 1.29 bits per heavy atom. The predicted molar refractivity (Wildman–Crippen MR) is 85.0 cm³/mol. The molecule has 0 unspecified atom stereocenters. The maximum Gasteiger partial charge on any atom is 0.261 e. The standard InChI is InChI=1S/C17H16N4O3/c1-2-8-21-14(22)11-5-4-10(9-12(11)15(21)23)13-19-16(20-24-13)17(18)6-3-7-17/h2,4-5,9H,1,3,6-8,18H2. The molecule has 0 radical (unpaired) electrons. The number of hydrogen-bond donors (Lipinski definition) is 1. The molecule has 1 aromatic carbocycles. The second kappa shape index (κ2) is 5.10. The van der Waals surface area contributed by atoms with Gasteiger partial charge in [0.05, 0.1) is 16.7 Å². The van der Waals surface area contributed by atoms with E-state index >= 15 is 0 Å². The van der Waals surface area contributed by atoms with Crippen molar-refractivity contribution in [2.75, 3.05) is 6.54 Å². The summed E-state index contributed by atoms with van der Waals surface area (Å²) in [5.74, 6) is 0.126.